The Labute approximate surface area is 153 Å². The number of likely N-dealkylation sites (tertiary alicyclic amines) is 1. The minimum Gasteiger partial charge on any atom is -0.456 e. The molecule has 2 fully saturated rings. The summed E-state index contributed by atoms with van der Waals surface area (Å²) in [5.41, 5.74) is -1.60. The fourth-order valence-electron chi connectivity index (χ4n) is 3.82. The number of β-amino-alcohol motifs (C(OH)–C–C–N with tert-alkyl or cyclic N) is 1. The molecule has 2 aliphatic rings. The number of carbonyl (C=O) groups is 1. The second-order valence-electron chi connectivity index (χ2n) is 8.05. The van der Waals surface area contributed by atoms with Crippen molar-refractivity contribution < 1.29 is 19.1 Å². The van der Waals surface area contributed by atoms with Gasteiger partial charge in [-0.1, -0.05) is 13.8 Å². The van der Waals surface area contributed by atoms with Crippen LogP contribution in [0.25, 0.3) is 0 Å². The summed E-state index contributed by atoms with van der Waals surface area (Å²) in [4.78, 5) is 28.3. The van der Waals surface area contributed by atoms with Crippen LogP contribution in [-0.2, 0) is 4.74 Å². The molecule has 2 saturated heterocycles. The third-order valence-corrected chi connectivity index (χ3v) is 5.62. The number of hydrogen-bond donors (Lipinski definition) is 1. The van der Waals surface area contributed by atoms with Gasteiger partial charge < -0.3 is 19.2 Å². The molecular formula is C19H28N2O5. The first-order valence-electron chi connectivity index (χ1n) is 9.14. The van der Waals surface area contributed by atoms with E-state index in [2.05, 4.69) is 4.90 Å². The van der Waals surface area contributed by atoms with Crippen LogP contribution in [-0.4, -0.2) is 72.4 Å². The first-order chi connectivity index (χ1) is 12.2. The Bertz CT molecular complexity index is 723. The monoisotopic (exact) mass is 364 g/mol. The summed E-state index contributed by atoms with van der Waals surface area (Å²) in [5.74, 6) is 0.178. The summed E-state index contributed by atoms with van der Waals surface area (Å²) in [7, 11) is 0. The zero-order valence-corrected chi connectivity index (χ0v) is 15.8. The van der Waals surface area contributed by atoms with Crippen LogP contribution < -0.4 is 5.43 Å². The molecule has 1 amide bonds. The molecule has 0 saturated carbocycles. The summed E-state index contributed by atoms with van der Waals surface area (Å²) >= 11 is 0. The Morgan fingerprint density at radius 2 is 1.92 bits per heavy atom. The van der Waals surface area contributed by atoms with Crippen molar-refractivity contribution in [3.63, 3.8) is 0 Å². The second kappa shape index (κ2) is 7.13. The van der Waals surface area contributed by atoms with Gasteiger partial charge in [0.25, 0.3) is 5.91 Å². The fraction of sp³-hybridized carbons (Fsp3) is 0.684. The van der Waals surface area contributed by atoms with E-state index in [0.29, 0.717) is 45.0 Å². The van der Waals surface area contributed by atoms with E-state index in [1.54, 1.807) is 11.8 Å². The normalized spacial score (nSPS) is 26.7. The predicted molar refractivity (Wildman–Crippen MR) is 96.2 cm³/mol. The molecule has 0 aromatic carbocycles. The molecule has 1 atom stereocenters. The maximum absolute atomic E-state index is 12.8. The predicted octanol–water partition coefficient (Wildman–Crippen LogP) is 0.884. The van der Waals surface area contributed by atoms with Crippen molar-refractivity contribution in [3.05, 3.63) is 33.9 Å². The van der Waals surface area contributed by atoms with Gasteiger partial charge in [0, 0.05) is 50.3 Å². The van der Waals surface area contributed by atoms with Crippen LogP contribution in [0, 0.1) is 12.3 Å². The van der Waals surface area contributed by atoms with E-state index in [4.69, 9.17) is 9.15 Å². The Balaban J connectivity index is 1.73. The van der Waals surface area contributed by atoms with Crippen LogP contribution >= 0.6 is 0 Å². The molecule has 144 valence electrons. The number of morpholine rings is 1. The van der Waals surface area contributed by atoms with Crippen LogP contribution in [0.1, 0.15) is 36.6 Å². The van der Waals surface area contributed by atoms with Crippen molar-refractivity contribution in [2.24, 2.45) is 5.41 Å². The van der Waals surface area contributed by atoms with E-state index >= 15 is 0 Å². The summed E-state index contributed by atoms with van der Waals surface area (Å²) in [6.45, 7) is 10.0. The van der Waals surface area contributed by atoms with Crippen molar-refractivity contribution in [1.29, 1.82) is 0 Å². The molecule has 3 heterocycles. The molecule has 1 aromatic heterocycles. The number of ether oxygens (including phenoxy) is 1. The van der Waals surface area contributed by atoms with Gasteiger partial charge in [0.1, 0.15) is 5.76 Å². The minimum atomic E-state index is -0.880. The lowest BCUT2D eigenvalue weighted by atomic mass is 9.69. The fourth-order valence-corrected chi connectivity index (χ4v) is 3.82. The van der Waals surface area contributed by atoms with Crippen molar-refractivity contribution in [3.8, 4) is 0 Å². The molecule has 7 nitrogen and oxygen atoms in total. The molecule has 2 aliphatic heterocycles. The van der Waals surface area contributed by atoms with Crippen LogP contribution in [0.2, 0.25) is 0 Å². The van der Waals surface area contributed by atoms with Gasteiger partial charge in [0.15, 0.2) is 11.2 Å². The van der Waals surface area contributed by atoms with Gasteiger partial charge in [-0.05, 0) is 13.3 Å². The van der Waals surface area contributed by atoms with Crippen molar-refractivity contribution >= 4 is 5.91 Å². The third kappa shape index (κ3) is 3.84. The highest BCUT2D eigenvalue weighted by Crippen LogP contribution is 2.39. The molecule has 0 radical (unpaired) electrons. The molecule has 0 spiro atoms. The molecule has 0 aliphatic carbocycles. The van der Waals surface area contributed by atoms with Crippen molar-refractivity contribution in [2.45, 2.75) is 32.8 Å². The molecule has 0 unspecified atom stereocenters. The summed E-state index contributed by atoms with van der Waals surface area (Å²) in [6.07, 6.45) is 0.485. The van der Waals surface area contributed by atoms with E-state index in [1.807, 2.05) is 13.8 Å². The van der Waals surface area contributed by atoms with Crippen molar-refractivity contribution in [2.75, 3.05) is 45.9 Å². The van der Waals surface area contributed by atoms with E-state index < -0.39 is 11.0 Å². The van der Waals surface area contributed by atoms with Gasteiger partial charge in [-0.25, -0.2) is 0 Å². The Morgan fingerprint density at radius 3 is 2.54 bits per heavy atom. The number of aryl methyl sites for hydroxylation is 1. The van der Waals surface area contributed by atoms with Crippen LogP contribution in [0.5, 0.6) is 0 Å². The molecule has 1 aromatic rings. The lowest BCUT2D eigenvalue weighted by Crippen LogP contribution is -2.63. The second-order valence-corrected chi connectivity index (χ2v) is 8.05. The van der Waals surface area contributed by atoms with Gasteiger partial charge in [0.05, 0.1) is 18.8 Å². The van der Waals surface area contributed by atoms with Gasteiger partial charge >= 0.3 is 0 Å². The Kier molecular flexibility index (Phi) is 5.23. The average molecular weight is 364 g/mol. The number of piperidine rings is 1. The van der Waals surface area contributed by atoms with Crippen LogP contribution in [0.4, 0.5) is 0 Å². The molecule has 7 heteroatoms. The van der Waals surface area contributed by atoms with E-state index in [1.165, 1.54) is 12.1 Å². The van der Waals surface area contributed by atoms with Gasteiger partial charge in [-0.3, -0.25) is 14.5 Å². The standard InChI is InChI=1S/C19H28N2O5/c1-14-10-15(22)11-16(26-14)17(23)21-5-4-19(24,18(2,3)12-21)13-20-6-8-25-9-7-20/h10-11,24H,4-9,12-13H2,1-3H3/t19-/m0/s1. The maximum atomic E-state index is 12.8. The zero-order chi connectivity index (χ0) is 18.9. The molecule has 3 rings (SSSR count). The lowest BCUT2D eigenvalue weighted by Gasteiger charge is -2.52. The molecule has 26 heavy (non-hydrogen) atoms. The number of rotatable bonds is 3. The smallest absolute Gasteiger partial charge is 0.289 e. The third-order valence-electron chi connectivity index (χ3n) is 5.62. The zero-order valence-electron chi connectivity index (χ0n) is 15.8. The highest BCUT2D eigenvalue weighted by atomic mass is 16.5. The Morgan fingerprint density at radius 1 is 1.23 bits per heavy atom. The number of nitrogens with zero attached hydrogens (tertiary/aromatic N) is 2. The van der Waals surface area contributed by atoms with Crippen molar-refractivity contribution in [1.82, 2.24) is 9.80 Å². The summed E-state index contributed by atoms with van der Waals surface area (Å²) in [6, 6.07) is 2.59. The average Bonchev–Trinajstić information content (AvgIpc) is 2.57. The first-order valence-corrected chi connectivity index (χ1v) is 9.14. The van der Waals surface area contributed by atoms with Crippen LogP contribution in [0.15, 0.2) is 21.3 Å². The van der Waals surface area contributed by atoms with E-state index in [-0.39, 0.29) is 17.1 Å². The SMILES string of the molecule is Cc1cc(=O)cc(C(=O)N2CC[C@](O)(CN3CCOCC3)C(C)(C)C2)o1. The molecule has 1 N–H and O–H groups in total. The number of amides is 1. The van der Waals surface area contributed by atoms with E-state index in [9.17, 15) is 14.7 Å². The van der Waals surface area contributed by atoms with E-state index in [0.717, 1.165) is 13.1 Å². The molecular weight excluding hydrogens is 336 g/mol. The highest BCUT2D eigenvalue weighted by molar-refractivity contribution is 5.91. The number of aliphatic hydroxyl groups is 1. The maximum Gasteiger partial charge on any atom is 0.289 e. The lowest BCUT2D eigenvalue weighted by molar-refractivity contribution is -0.133. The topological polar surface area (TPSA) is 83.2 Å². The highest BCUT2D eigenvalue weighted by Gasteiger charge is 2.49. The summed E-state index contributed by atoms with van der Waals surface area (Å²) < 4.78 is 10.8. The molecule has 0 bridgehead atoms. The summed E-state index contributed by atoms with van der Waals surface area (Å²) in [5, 5.41) is 11.3. The van der Waals surface area contributed by atoms with Crippen LogP contribution in [0.3, 0.4) is 0 Å². The van der Waals surface area contributed by atoms with Gasteiger partial charge in [0.2, 0.25) is 0 Å². The first kappa shape index (κ1) is 19.1. The minimum absolute atomic E-state index is 0.0596. The van der Waals surface area contributed by atoms with Gasteiger partial charge in [-0.2, -0.15) is 0 Å². The largest absolute Gasteiger partial charge is 0.456 e. The quantitative estimate of drug-likeness (QED) is 0.857. The number of carbonyl (C=O) groups excluding carboxylic acids is 1. The number of hydrogen-bond acceptors (Lipinski definition) is 6. The Hall–Kier alpha value is -1.70. The van der Waals surface area contributed by atoms with Gasteiger partial charge in [-0.15, -0.1) is 0 Å².